The van der Waals surface area contributed by atoms with Crippen molar-refractivity contribution in [3.8, 4) is 5.75 Å². The van der Waals surface area contributed by atoms with Crippen LogP contribution in [-0.4, -0.2) is 35.0 Å². The van der Waals surface area contributed by atoms with Gasteiger partial charge in [-0.05, 0) is 24.5 Å². The lowest BCUT2D eigenvalue weighted by molar-refractivity contribution is 0.123. The zero-order valence-electron chi connectivity index (χ0n) is 7.92. The van der Waals surface area contributed by atoms with Gasteiger partial charge in [0.25, 0.3) is 0 Å². The van der Waals surface area contributed by atoms with Crippen LogP contribution in [0.1, 0.15) is 6.92 Å². The molecule has 0 aliphatic carbocycles. The molecule has 0 fully saturated rings. The fourth-order valence-electron chi connectivity index (χ4n) is 0.953. The number of aliphatic hydroxyl groups is 1. The van der Waals surface area contributed by atoms with Crippen LogP contribution in [0.2, 0.25) is 0 Å². The molecule has 4 nitrogen and oxygen atoms in total. The highest BCUT2D eigenvalue weighted by molar-refractivity contribution is 6.58. The average molecular weight is 196 g/mol. The summed E-state index contributed by atoms with van der Waals surface area (Å²) < 4.78 is 5.19. The normalized spacial score (nSPS) is 12.3. The van der Waals surface area contributed by atoms with Gasteiger partial charge in [-0.25, -0.2) is 0 Å². The number of rotatable bonds is 4. The number of hydrogen-bond acceptors (Lipinski definition) is 4. The monoisotopic (exact) mass is 196 g/mol. The van der Waals surface area contributed by atoms with E-state index in [1.54, 1.807) is 31.2 Å². The molecule has 0 aliphatic heterocycles. The molecule has 0 amide bonds. The maximum atomic E-state index is 8.95. The summed E-state index contributed by atoms with van der Waals surface area (Å²) in [5.41, 5.74) is 0.411. The Morgan fingerprint density at radius 1 is 1.29 bits per heavy atom. The van der Waals surface area contributed by atoms with Crippen molar-refractivity contribution in [2.24, 2.45) is 0 Å². The molecule has 1 rings (SSSR count). The molecule has 0 spiro atoms. The Bertz CT molecular complexity index is 271. The molecule has 0 heterocycles. The molecule has 76 valence electrons. The van der Waals surface area contributed by atoms with Crippen molar-refractivity contribution in [2.45, 2.75) is 13.0 Å². The minimum Gasteiger partial charge on any atom is -0.491 e. The van der Waals surface area contributed by atoms with Crippen molar-refractivity contribution < 1.29 is 19.9 Å². The van der Waals surface area contributed by atoms with Gasteiger partial charge in [0.05, 0.1) is 6.10 Å². The fourth-order valence-corrected chi connectivity index (χ4v) is 0.953. The molecule has 5 heteroatoms. The van der Waals surface area contributed by atoms with Crippen molar-refractivity contribution in [1.82, 2.24) is 0 Å². The quantitative estimate of drug-likeness (QED) is 0.547. The Morgan fingerprint density at radius 3 is 2.29 bits per heavy atom. The van der Waals surface area contributed by atoms with E-state index in [4.69, 9.17) is 19.9 Å². The van der Waals surface area contributed by atoms with E-state index in [9.17, 15) is 0 Å². The first-order chi connectivity index (χ1) is 6.59. The van der Waals surface area contributed by atoms with Crippen molar-refractivity contribution in [2.75, 3.05) is 6.61 Å². The van der Waals surface area contributed by atoms with E-state index in [0.717, 1.165) is 0 Å². The first-order valence-electron chi connectivity index (χ1n) is 4.36. The highest BCUT2D eigenvalue weighted by atomic mass is 16.5. The van der Waals surface area contributed by atoms with Gasteiger partial charge in [0.15, 0.2) is 0 Å². The Balaban J connectivity index is 2.55. The summed E-state index contributed by atoms with van der Waals surface area (Å²) in [5.74, 6) is 0.593. The van der Waals surface area contributed by atoms with Crippen molar-refractivity contribution >= 4 is 12.6 Å². The van der Waals surface area contributed by atoms with Crippen LogP contribution in [0.3, 0.4) is 0 Å². The van der Waals surface area contributed by atoms with Gasteiger partial charge < -0.3 is 19.9 Å². The topological polar surface area (TPSA) is 69.9 Å². The summed E-state index contributed by atoms with van der Waals surface area (Å²) in [6, 6.07) is 6.36. The first kappa shape index (κ1) is 11.0. The maximum absolute atomic E-state index is 8.95. The van der Waals surface area contributed by atoms with Gasteiger partial charge in [-0.15, -0.1) is 0 Å². The van der Waals surface area contributed by atoms with Crippen molar-refractivity contribution in [1.29, 1.82) is 0 Å². The van der Waals surface area contributed by atoms with E-state index in [0.29, 0.717) is 11.2 Å². The molecular formula is C9H13BO4. The predicted molar refractivity (Wildman–Crippen MR) is 53.4 cm³/mol. The summed E-state index contributed by atoms with van der Waals surface area (Å²) in [6.07, 6.45) is -0.516. The van der Waals surface area contributed by atoms with Gasteiger partial charge in [0.2, 0.25) is 0 Å². The van der Waals surface area contributed by atoms with Gasteiger partial charge >= 0.3 is 7.12 Å². The summed E-state index contributed by atoms with van der Waals surface area (Å²) in [7, 11) is -1.46. The van der Waals surface area contributed by atoms with Gasteiger partial charge in [0, 0.05) is 0 Å². The molecule has 1 atom stereocenters. The molecule has 1 aromatic carbocycles. The van der Waals surface area contributed by atoms with Gasteiger partial charge in [0.1, 0.15) is 12.4 Å². The lowest BCUT2D eigenvalue weighted by atomic mass is 9.80. The lowest BCUT2D eigenvalue weighted by Gasteiger charge is -2.08. The molecule has 1 unspecified atom stereocenters. The minimum absolute atomic E-state index is 0.223. The molecule has 0 radical (unpaired) electrons. The summed E-state index contributed by atoms with van der Waals surface area (Å²) in [5, 5.41) is 26.6. The molecule has 0 saturated heterocycles. The van der Waals surface area contributed by atoms with Gasteiger partial charge in [-0.1, -0.05) is 12.1 Å². The Labute approximate surface area is 82.9 Å². The van der Waals surface area contributed by atoms with Crippen molar-refractivity contribution in [3.63, 3.8) is 0 Å². The minimum atomic E-state index is -1.46. The van der Waals surface area contributed by atoms with E-state index in [1.165, 1.54) is 0 Å². The summed E-state index contributed by atoms with van der Waals surface area (Å²) in [6.45, 7) is 1.85. The number of ether oxygens (including phenoxy) is 1. The van der Waals surface area contributed by atoms with Crippen LogP contribution in [0.5, 0.6) is 5.75 Å². The van der Waals surface area contributed by atoms with Crippen LogP contribution < -0.4 is 10.2 Å². The molecule has 0 aromatic heterocycles. The van der Waals surface area contributed by atoms with Gasteiger partial charge in [-0.2, -0.15) is 0 Å². The molecule has 14 heavy (non-hydrogen) atoms. The number of aliphatic hydroxyl groups excluding tert-OH is 1. The van der Waals surface area contributed by atoms with E-state index >= 15 is 0 Å². The second-order valence-electron chi connectivity index (χ2n) is 3.10. The Hall–Kier alpha value is -1.04. The van der Waals surface area contributed by atoms with E-state index in [-0.39, 0.29) is 6.61 Å². The van der Waals surface area contributed by atoms with E-state index in [1.807, 2.05) is 0 Å². The third-order valence-corrected chi connectivity index (χ3v) is 1.67. The van der Waals surface area contributed by atoms with Crippen molar-refractivity contribution in [3.05, 3.63) is 24.3 Å². The molecule has 0 bridgehead atoms. The summed E-state index contributed by atoms with van der Waals surface area (Å²) >= 11 is 0. The van der Waals surface area contributed by atoms with Crippen LogP contribution >= 0.6 is 0 Å². The van der Waals surface area contributed by atoms with Crippen LogP contribution in [-0.2, 0) is 0 Å². The predicted octanol–water partition coefficient (Wildman–Crippen LogP) is -0.874. The largest absolute Gasteiger partial charge is 0.491 e. The molecule has 1 aromatic rings. The molecule has 0 saturated carbocycles. The molecule has 0 aliphatic rings. The third kappa shape index (κ3) is 3.37. The number of benzene rings is 1. The molecule has 3 N–H and O–H groups in total. The first-order valence-corrected chi connectivity index (χ1v) is 4.36. The smallest absolute Gasteiger partial charge is 0.488 e. The Kier molecular flexibility index (Phi) is 3.94. The SMILES string of the molecule is CC(O)COc1ccc(B(O)O)cc1. The standard InChI is InChI=1S/C9H13BO4/c1-7(11)6-14-9-4-2-8(3-5-9)10(12)13/h2-5,7,11-13H,6H2,1H3. The van der Waals surface area contributed by atoms with Gasteiger partial charge in [-0.3, -0.25) is 0 Å². The Morgan fingerprint density at radius 2 is 1.86 bits per heavy atom. The van der Waals surface area contributed by atoms with Crippen LogP contribution in [0, 0.1) is 0 Å². The average Bonchev–Trinajstić information content (AvgIpc) is 2.15. The molecular weight excluding hydrogens is 183 g/mol. The number of hydrogen-bond donors (Lipinski definition) is 3. The summed E-state index contributed by atoms with van der Waals surface area (Å²) in [4.78, 5) is 0. The highest BCUT2D eigenvalue weighted by Crippen LogP contribution is 2.07. The van der Waals surface area contributed by atoms with Crippen LogP contribution in [0.4, 0.5) is 0 Å². The van der Waals surface area contributed by atoms with E-state index in [2.05, 4.69) is 0 Å². The fraction of sp³-hybridized carbons (Fsp3) is 0.333. The lowest BCUT2D eigenvalue weighted by Crippen LogP contribution is -2.29. The highest BCUT2D eigenvalue weighted by Gasteiger charge is 2.09. The second-order valence-corrected chi connectivity index (χ2v) is 3.10. The van der Waals surface area contributed by atoms with Crippen LogP contribution in [0.25, 0.3) is 0 Å². The second kappa shape index (κ2) is 5.00. The third-order valence-electron chi connectivity index (χ3n) is 1.67. The van der Waals surface area contributed by atoms with Crippen LogP contribution in [0.15, 0.2) is 24.3 Å². The zero-order valence-corrected chi connectivity index (χ0v) is 7.92. The zero-order chi connectivity index (χ0) is 10.6. The van der Waals surface area contributed by atoms with E-state index < -0.39 is 13.2 Å². The maximum Gasteiger partial charge on any atom is 0.488 e.